The van der Waals surface area contributed by atoms with Gasteiger partial charge in [-0.15, -0.1) is 0 Å². The Kier molecular flexibility index (Phi) is 3.18. The van der Waals surface area contributed by atoms with Crippen molar-refractivity contribution in [3.8, 4) is 5.75 Å². The molecular formula is C11H17N3O. The molecule has 1 saturated heterocycles. The SMILES string of the molecule is COc1cncc([C@@H]2CCCCN2N)c1. The molecule has 15 heavy (non-hydrogen) atoms. The molecule has 0 amide bonds. The molecule has 82 valence electrons. The summed E-state index contributed by atoms with van der Waals surface area (Å²) in [5.74, 6) is 6.76. The summed E-state index contributed by atoms with van der Waals surface area (Å²) in [7, 11) is 1.65. The minimum atomic E-state index is 0.293. The lowest BCUT2D eigenvalue weighted by Gasteiger charge is -2.31. The molecule has 1 aromatic heterocycles. The first-order valence-electron chi connectivity index (χ1n) is 5.31. The fourth-order valence-electron chi connectivity index (χ4n) is 2.04. The maximum atomic E-state index is 5.97. The van der Waals surface area contributed by atoms with Gasteiger partial charge in [-0.25, -0.2) is 5.01 Å². The molecule has 1 aliphatic heterocycles. The van der Waals surface area contributed by atoms with Crippen molar-refractivity contribution in [2.45, 2.75) is 25.3 Å². The molecule has 2 rings (SSSR count). The lowest BCUT2D eigenvalue weighted by molar-refractivity contribution is 0.151. The maximum absolute atomic E-state index is 5.97. The Morgan fingerprint density at radius 3 is 3.07 bits per heavy atom. The number of pyridine rings is 1. The van der Waals surface area contributed by atoms with Crippen molar-refractivity contribution in [3.05, 3.63) is 24.0 Å². The topological polar surface area (TPSA) is 51.4 Å². The number of methoxy groups -OCH3 is 1. The number of ether oxygens (including phenoxy) is 1. The number of hydrazine groups is 1. The normalized spacial score (nSPS) is 22.7. The first kappa shape index (κ1) is 10.4. The highest BCUT2D eigenvalue weighted by atomic mass is 16.5. The van der Waals surface area contributed by atoms with Crippen molar-refractivity contribution >= 4 is 0 Å². The number of nitrogens with zero attached hydrogens (tertiary/aromatic N) is 2. The standard InChI is InChI=1S/C11H17N3O/c1-15-10-6-9(7-13-8-10)11-4-2-3-5-14(11)12/h6-8,11H,2-5,12H2,1H3/t11-/m0/s1. The first-order chi connectivity index (χ1) is 7.31. The molecule has 0 aromatic carbocycles. The van der Waals surface area contributed by atoms with Crippen LogP contribution >= 0.6 is 0 Å². The molecule has 0 spiro atoms. The third-order valence-corrected chi connectivity index (χ3v) is 2.90. The average molecular weight is 207 g/mol. The predicted molar refractivity (Wildman–Crippen MR) is 58.3 cm³/mol. The van der Waals surface area contributed by atoms with E-state index in [1.165, 1.54) is 12.8 Å². The van der Waals surface area contributed by atoms with Gasteiger partial charge in [-0.1, -0.05) is 6.42 Å². The van der Waals surface area contributed by atoms with Gasteiger partial charge in [-0.2, -0.15) is 0 Å². The van der Waals surface area contributed by atoms with E-state index in [9.17, 15) is 0 Å². The third kappa shape index (κ3) is 2.27. The predicted octanol–water partition coefficient (Wildman–Crippen LogP) is 1.49. The number of piperidine rings is 1. The van der Waals surface area contributed by atoms with Crippen LogP contribution in [0.15, 0.2) is 18.5 Å². The number of hydrogen-bond donors (Lipinski definition) is 1. The van der Waals surface area contributed by atoms with E-state index in [0.29, 0.717) is 6.04 Å². The van der Waals surface area contributed by atoms with Crippen LogP contribution in [0.25, 0.3) is 0 Å². The zero-order valence-electron chi connectivity index (χ0n) is 9.02. The molecule has 2 heterocycles. The highest BCUT2D eigenvalue weighted by molar-refractivity contribution is 5.26. The number of rotatable bonds is 2. The zero-order chi connectivity index (χ0) is 10.7. The average Bonchev–Trinajstić information content (AvgIpc) is 2.30. The number of hydrogen-bond acceptors (Lipinski definition) is 4. The van der Waals surface area contributed by atoms with E-state index in [2.05, 4.69) is 4.98 Å². The van der Waals surface area contributed by atoms with Crippen LogP contribution in [0, 0.1) is 0 Å². The lowest BCUT2D eigenvalue weighted by atomic mass is 9.98. The fourth-order valence-corrected chi connectivity index (χ4v) is 2.04. The van der Waals surface area contributed by atoms with Crippen molar-refractivity contribution < 1.29 is 4.74 Å². The van der Waals surface area contributed by atoms with E-state index in [1.807, 2.05) is 17.3 Å². The van der Waals surface area contributed by atoms with Crippen LogP contribution in [-0.2, 0) is 0 Å². The van der Waals surface area contributed by atoms with Gasteiger partial charge < -0.3 is 4.74 Å². The number of nitrogens with two attached hydrogens (primary N) is 1. The second-order valence-electron chi connectivity index (χ2n) is 3.91. The molecule has 0 saturated carbocycles. The summed E-state index contributed by atoms with van der Waals surface area (Å²) >= 11 is 0. The molecular weight excluding hydrogens is 190 g/mol. The van der Waals surface area contributed by atoms with Gasteiger partial charge in [0.15, 0.2) is 0 Å². The molecule has 0 unspecified atom stereocenters. The summed E-state index contributed by atoms with van der Waals surface area (Å²) in [5.41, 5.74) is 1.15. The van der Waals surface area contributed by atoms with Gasteiger partial charge in [0.25, 0.3) is 0 Å². The highest BCUT2D eigenvalue weighted by Gasteiger charge is 2.21. The summed E-state index contributed by atoms with van der Waals surface area (Å²) in [6.07, 6.45) is 7.11. The molecule has 1 aliphatic rings. The second kappa shape index (κ2) is 4.59. The third-order valence-electron chi connectivity index (χ3n) is 2.90. The molecule has 1 atom stereocenters. The summed E-state index contributed by atoms with van der Waals surface area (Å²) in [5, 5.41) is 1.90. The monoisotopic (exact) mass is 207 g/mol. The van der Waals surface area contributed by atoms with Crippen molar-refractivity contribution in [2.75, 3.05) is 13.7 Å². The minimum absolute atomic E-state index is 0.293. The highest BCUT2D eigenvalue weighted by Crippen LogP contribution is 2.29. The molecule has 4 heteroatoms. The quantitative estimate of drug-likeness (QED) is 0.746. The van der Waals surface area contributed by atoms with Crippen molar-refractivity contribution in [1.82, 2.24) is 9.99 Å². The Morgan fingerprint density at radius 1 is 1.47 bits per heavy atom. The summed E-state index contributed by atoms with van der Waals surface area (Å²) in [6.45, 7) is 0.960. The van der Waals surface area contributed by atoms with E-state index in [4.69, 9.17) is 10.6 Å². The van der Waals surface area contributed by atoms with E-state index >= 15 is 0 Å². The fraction of sp³-hybridized carbons (Fsp3) is 0.545. The lowest BCUT2D eigenvalue weighted by Crippen LogP contribution is -2.38. The Labute approximate surface area is 90.0 Å². The van der Waals surface area contributed by atoms with Gasteiger partial charge >= 0.3 is 0 Å². The van der Waals surface area contributed by atoms with Crippen LogP contribution in [0.1, 0.15) is 30.9 Å². The van der Waals surface area contributed by atoms with Gasteiger partial charge in [0.05, 0.1) is 19.3 Å². The smallest absolute Gasteiger partial charge is 0.137 e. The van der Waals surface area contributed by atoms with Gasteiger partial charge in [0.2, 0.25) is 0 Å². The van der Waals surface area contributed by atoms with Crippen molar-refractivity contribution in [2.24, 2.45) is 5.84 Å². The van der Waals surface area contributed by atoms with E-state index in [-0.39, 0.29) is 0 Å². The Balaban J connectivity index is 2.19. The van der Waals surface area contributed by atoms with Gasteiger partial charge in [-0.05, 0) is 24.5 Å². The molecule has 0 aliphatic carbocycles. The van der Waals surface area contributed by atoms with Gasteiger partial charge in [-0.3, -0.25) is 10.8 Å². The van der Waals surface area contributed by atoms with Crippen LogP contribution < -0.4 is 10.6 Å². The van der Waals surface area contributed by atoms with Gasteiger partial charge in [0, 0.05) is 12.7 Å². The maximum Gasteiger partial charge on any atom is 0.137 e. The largest absolute Gasteiger partial charge is 0.495 e. The minimum Gasteiger partial charge on any atom is -0.495 e. The molecule has 1 fully saturated rings. The van der Waals surface area contributed by atoms with E-state index in [1.54, 1.807) is 13.3 Å². The van der Waals surface area contributed by atoms with Crippen LogP contribution in [0.5, 0.6) is 5.75 Å². The Bertz CT molecular complexity index is 329. The Hall–Kier alpha value is -1.13. The van der Waals surface area contributed by atoms with Crippen molar-refractivity contribution in [3.63, 3.8) is 0 Å². The molecule has 4 nitrogen and oxygen atoms in total. The van der Waals surface area contributed by atoms with Gasteiger partial charge in [0.1, 0.15) is 5.75 Å². The molecule has 1 aromatic rings. The van der Waals surface area contributed by atoms with E-state index in [0.717, 1.165) is 24.3 Å². The molecule has 0 bridgehead atoms. The van der Waals surface area contributed by atoms with Crippen LogP contribution in [0.2, 0.25) is 0 Å². The zero-order valence-corrected chi connectivity index (χ0v) is 9.02. The van der Waals surface area contributed by atoms with E-state index < -0.39 is 0 Å². The second-order valence-corrected chi connectivity index (χ2v) is 3.91. The summed E-state index contributed by atoms with van der Waals surface area (Å²) in [6, 6.07) is 2.31. The first-order valence-corrected chi connectivity index (χ1v) is 5.31. The number of aromatic nitrogens is 1. The molecule has 2 N–H and O–H groups in total. The van der Waals surface area contributed by atoms with Crippen molar-refractivity contribution in [1.29, 1.82) is 0 Å². The van der Waals surface area contributed by atoms with Crippen LogP contribution in [0.4, 0.5) is 0 Å². The Morgan fingerprint density at radius 2 is 2.33 bits per heavy atom. The summed E-state index contributed by atoms with van der Waals surface area (Å²) in [4.78, 5) is 4.16. The van der Waals surface area contributed by atoms with Crippen LogP contribution in [0.3, 0.4) is 0 Å². The summed E-state index contributed by atoms with van der Waals surface area (Å²) < 4.78 is 5.16. The van der Waals surface area contributed by atoms with Crippen LogP contribution in [-0.4, -0.2) is 23.6 Å². The molecule has 0 radical (unpaired) electrons.